The Balaban J connectivity index is 2.05. The monoisotopic (exact) mass is 289 g/mol. The summed E-state index contributed by atoms with van der Waals surface area (Å²) in [6.07, 6.45) is 3.82. The standard InChI is InChI=1S/C19H31NO/c1-6-18-16(11-12-21-18)17(20-5)13-14-7-9-15(10-8-14)19(2,3)4/h7-10,16-18,20H,6,11-13H2,1-5H3. The normalized spacial score (nSPS) is 24.2. The first-order valence-electron chi connectivity index (χ1n) is 8.34. The molecule has 1 saturated heterocycles. The van der Waals surface area contributed by atoms with Gasteiger partial charge in [0.2, 0.25) is 0 Å². The Labute approximate surface area is 130 Å². The third kappa shape index (κ3) is 4.08. The van der Waals surface area contributed by atoms with Crippen molar-refractivity contribution in [2.24, 2.45) is 5.92 Å². The summed E-state index contributed by atoms with van der Waals surface area (Å²) in [5.74, 6) is 0.641. The zero-order valence-electron chi connectivity index (χ0n) is 14.3. The Morgan fingerprint density at radius 1 is 1.24 bits per heavy atom. The molecule has 0 saturated carbocycles. The fraction of sp³-hybridized carbons (Fsp3) is 0.684. The molecule has 3 unspecified atom stereocenters. The van der Waals surface area contributed by atoms with Crippen molar-refractivity contribution in [1.29, 1.82) is 0 Å². The highest BCUT2D eigenvalue weighted by Crippen LogP contribution is 2.29. The van der Waals surface area contributed by atoms with Crippen LogP contribution in [0.25, 0.3) is 0 Å². The molecule has 1 aromatic carbocycles. The topological polar surface area (TPSA) is 21.3 Å². The number of likely N-dealkylation sites (N-methyl/N-ethyl adjacent to an activating group) is 1. The van der Waals surface area contributed by atoms with E-state index in [1.807, 2.05) is 0 Å². The number of benzene rings is 1. The van der Waals surface area contributed by atoms with Crippen LogP contribution in [0.1, 0.15) is 51.7 Å². The molecule has 21 heavy (non-hydrogen) atoms. The second-order valence-electron chi connectivity index (χ2n) is 7.32. The average Bonchev–Trinajstić information content (AvgIpc) is 2.92. The average molecular weight is 289 g/mol. The molecule has 2 rings (SSSR count). The fourth-order valence-electron chi connectivity index (χ4n) is 3.41. The van der Waals surface area contributed by atoms with Gasteiger partial charge < -0.3 is 10.1 Å². The lowest BCUT2D eigenvalue weighted by Crippen LogP contribution is -2.39. The third-order valence-corrected chi connectivity index (χ3v) is 4.83. The summed E-state index contributed by atoms with van der Waals surface area (Å²) in [7, 11) is 2.08. The second-order valence-corrected chi connectivity index (χ2v) is 7.32. The molecule has 0 amide bonds. The van der Waals surface area contributed by atoms with Gasteiger partial charge >= 0.3 is 0 Å². The van der Waals surface area contributed by atoms with Gasteiger partial charge in [0.05, 0.1) is 6.10 Å². The molecule has 2 nitrogen and oxygen atoms in total. The first-order valence-corrected chi connectivity index (χ1v) is 8.34. The van der Waals surface area contributed by atoms with Crippen LogP contribution < -0.4 is 5.32 Å². The maximum Gasteiger partial charge on any atom is 0.0616 e. The fourth-order valence-corrected chi connectivity index (χ4v) is 3.41. The number of nitrogens with one attached hydrogen (secondary N) is 1. The van der Waals surface area contributed by atoms with Gasteiger partial charge in [-0.05, 0) is 42.9 Å². The molecule has 1 heterocycles. The summed E-state index contributed by atoms with van der Waals surface area (Å²) in [5.41, 5.74) is 3.06. The summed E-state index contributed by atoms with van der Waals surface area (Å²) >= 11 is 0. The minimum Gasteiger partial charge on any atom is -0.378 e. The van der Waals surface area contributed by atoms with Gasteiger partial charge in [-0.15, -0.1) is 0 Å². The molecule has 0 radical (unpaired) electrons. The van der Waals surface area contributed by atoms with E-state index < -0.39 is 0 Å². The van der Waals surface area contributed by atoms with Crippen molar-refractivity contribution in [2.45, 2.75) is 64.5 Å². The highest BCUT2D eigenvalue weighted by Gasteiger charge is 2.32. The SMILES string of the molecule is CCC1OCCC1C(Cc1ccc(C(C)(C)C)cc1)NC. The van der Waals surface area contributed by atoms with Crippen LogP contribution in [0.2, 0.25) is 0 Å². The van der Waals surface area contributed by atoms with E-state index >= 15 is 0 Å². The van der Waals surface area contributed by atoms with Crippen molar-refractivity contribution >= 4 is 0 Å². The molecule has 1 aromatic rings. The van der Waals surface area contributed by atoms with Crippen molar-refractivity contribution in [3.63, 3.8) is 0 Å². The Hall–Kier alpha value is -0.860. The van der Waals surface area contributed by atoms with Crippen molar-refractivity contribution in [1.82, 2.24) is 5.32 Å². The first kappa shape index (κ1) is 16.5. The molecule has 1 N–H and O–H groups in total. The molecule has 1 fully saturated rings. The lowest BCUT2D eigenvalue weighted by molar-refractivity contribution is 0.0783. The molecule has 2 heteroatoms. The predicted molar refractivity (Wildman–Crippen MR) is 89.8 cm³/mol. The Morgan fingerprint density at radius 2 is 1.90 bits per heavy atom. The zero-order valence-corrected chi connectivity index (χ0v) is 14.3. The van der Waals surface area contributed by atoms with Crippen LogP contribution in [-0.4, -0.2) is 25.8 Å². The van der Waals surface area contributed by atoms with Crippen LogP contribution in [0.15, 0.2) is 24.3 Å². The maximum absolute atomic E-state index is 5.86. The highest BCUT2D eigenvalue weighted by molar-refractivity contribution is 5.28. The molecular weight excluding hydrogens is 258 g/mol. The summed E-state index contributed by atoms with van der Waals surface area (Å²) < 4.78 is 5.86. The van der Waals surface area contributed by atoms with E-state index in [9.17, 15) is 0 Å². The van der Waals surface area contributed by atoms with Crippen LogP contribution in [0.4, 0.5) is 0 Å². The van der Waals surface area contributed by atoms with Crippen LogP contribution in [0.3, 0.4) is 0 Å². The third-order valence-electron chi connectivity index (χ3n) is 4.83. The van der Waals surface area contributed by atoms with E-state index in [0.717, 1.165) is 19.4 Å². The summed E-state index contributed by atoms with van der Waals surface area (Å²) in [5, 5.41) is 3.52. The largest absolute Gasteiger partial charge is 0.378 e. The highest BCUT2D eigenvalue weighted by atomic mass is 16.5. The Bertz CT molecular complexity index is 432. The summed E-state index contributed by atoms with van der Waals surface area (Å²) in [6, 6.07) is 9.66. The maximum atomic E-state index is 5.86. The van der Waals surface area contributed by atoms with Gasteiger partial charge in [0.1, 0.15) is 0 Å². The van der Waals surface area contributed by atoms with Crippen molar-refractivity contribution in [3.05, 3.63) is 35.4 Å². The zero-order chi connectivity index (χ0) is 15.5. The van der Waals surface area contributed by atoms with Crippen molar-refractivity contribution in [3.8, 4) is 0 Å². The van der Waals surface area contributed by atoms with Gasteiger partial charge in [0.25, 0.3) is 0 Å². The smallest absolute Gasteiger partial charge is 0.0616 e. The lowest BCUT2D eigenvalue weighted by atomic mass is 9.84. The lowest BCUT2D eigenvalue weighted by Gasteiger charge is -2.27. The minimum atomic E-state index is 0.230. The summed E-state index contributed by atoms with van der Waals surface area (Å²) in [4.78, 5) is 0. The molecule has 0 bridgehead atoms. The first-order chi connectivity index (χ1) is 9.95. The molecule has 0 aliphatic carbocycles. The van der Waals surface area contributed by atoms with E-state index in [-0.39, 0.29) is 5.41 Å². The van der Waals surface area contributed by atoms with Crippen molar-refractivity contribution in [2.75, 3.05) is 13.7 Å². The number of rotatable bonds is 5. The van der Waals surface area contributed by atoms with E-state index in [1.165, 1.54) is 17.5 Å². The predicted octanol–water partition coefficient (Wildman–Crippen LogP) is 3.93. The molecular formula is C19H31NO. The summed E-state index contributed by atoms with van der Waals surface area (Å²) in [6.45, 7) is 9.94. The Morgan fingerprint density at radius 3 is 2.43 bits per heavy atom. The molecule has 0 spiro atoms. The van der Waals surface area contributed by atoms with Gasteiger partial charge in [-0.3, -0.25) is 0 Å². The van der Waals surface area contributed by atoms with E-state index in [2.05, 4.69) is 64.3 Å². The van der Waals surface area contributed by atoms with Crippen LogP contribution >= 0.6 is 0 Å². The van der Waals surface area contributed by atoms with Crippen LogP contribution in [0.5, 0.6) is 0 Å². The van der Waals surface area contributed by atoms with Crippen LogP contribution in [-0.2, 0) is 16.6 Å². The second kappa shape index (κ2) is 6.93. The minimum absolute atomic E-state index is 0.230. The Kier molecular flexibility index (Phi) is 5.45. The van der Waals surface area contributed by atoms with Crippen LogP contribution in [0, 0.1) is 5.92 Å². The molecule has 1 aliphatic rings. The van der Waals surface area contributed by atoms with Gasteiger partial charge in [-0.1, -0.05) is 52.0 Å². The molecule has 3 atom stereocenters. The van der Waals surface area contributed by atoms with E-state index in [0.29, 0.717) is 18.1 Å². The molecule has 118 valence electrons. The van der Waals surface area contributed by atoms with E-state index in [1.54, 1.807) is 0 Å². The van der Waals surface area contributed by atoms with Crippen molar-refractivity contribution < 1.29 is 4.74 Å². The molecule has 1 aliphatic heterocycles. The number of hydrogen-bond acceptors (Lipinski definition) is 2. The molecule has 0 aromatic heterocycles. The number of ether oxygens (including phenoxy) is 1. The van der Waals surface area contributed by atoms with Gasteiger partial charge in [0, 0.05) is 18.6 Å². The van der Waals surface area contributed by atoms with E-state index in [4.69, 9.17) is 4.74 Å². The number of hydrogen-bond donors (Lipinski definition) is 1. The van der Waals surface area contributed by atoms with Gasteiger partial charge in [-0.25, -0.2) is 0 Å². The quantitative estimate of drug-likeness (QED) is 0.887. The van der Waals surface area contributed by atoms with Gasteiger partial charge in [0.15, 0.2) is 0 Å². The van der Waals surface area contributed by atoms with Gasteiger partial charge in [-0.2, -0.15) is 0 Å².